The first-order valence-electron chi connectivity index (χ1n) is 12.8. The van der Waals surface area contributed by atoms with Gasteiger partial charge >= 0.3 is 0 Å². The molecule has 0 aliphatic carbocycles. The van der Waals surface area contributed by atoms with Gasteiger partial charge in [-0.25, -0.2) is 0 Å². The molecule has 4 N–H and O–H groups in total. The van der Waals surface area contributed by atoms with E-state index in [-0.39, 0.29) is 0 Å². The van der Waals surface area contributed by atoms with E-state index >= 15 is 0 Å². The van der Waals surface area contributed by atoms with Crippen LogP contribution in [0.3, 0.4) is 0 Å². The minimum absolute atomic E-state index is 0.524. The van der Waals surface area contributed by atoms with Crippen LogP contribution in [0, 0.1) is 0 Å². The lowest BCUT2D eigenvalue weighted by atomic mass is 10.5. The topological polar surface area (TPSA) is 133 Å². The molecular formula is C24H51N3O9. The molecule has 0 radical (unpaired) electrons. The van der Waals surface area contributed by atoms with E-state index in [4.69, 9.17) is 48.4 Å². The largest absolute Gasteiger partial charge is 0.400 e. The normalized spacial score (nSPS) is 11.9. The Labute approximate surface area is 217 Å². The number of nitrogens with one attached hydrogen (secondary N) is 2. The van der Waals surface area contributed by atoms with Crippen LogP contribution in [0.25, 0.3) is 0 Å². The predicted octanol–water partition coefficient (Wildman–Crippen LogP) is -0.235. The summed E-state index contributed by atoms with van der Waals surface area (Å²) in [5.74, 6) is 0. The van der Waals surface area contributed by atoms with Gasteiger partial charge in [-0.3, -0.25) is 0 Å². The van der Waals surface area contributed by atoms with E-state index in [1.165, 1.54) is 0 Å². The molecule has 0 heterocycles. The van der Waals surface area contributed by atoms with Gasteiger partial charge in [0, 0.05) is 31.6 Å². The highest BCUT2D eigenvalue weighted by Gasteiger charge is 1.95. The third-order valence-corrected chi connectivity index (χ3v) is 4.24. The average Bonchev–Trinajstić information content (AvgIpc) is 2.88. The number of nitrogens with two attached hydrogens (primary N) is 1. The summed E-state index contributed by atoms with van der Waals surface area (Å²) < 4.78 is 48.6. The first kappa shape index (κ1) is 34.9. The van der Waals surface area contributed by atoms with E-state index in [0.29, 0.717) is 132 Å². The SMILES string of the molecule is CCOCCOCCOCCOCCOCCOCCOCCOCCOCCN/C=C(\N)CNC. The van der Waals surface area contributed by atoms with Crippen LogP contribution in [0.15, 0.2) is 11.9 Å². The number of hydrogen-bond acceptors (Lipinski definition) is 12. The number of rotatable bonds is 31. The lowest BCUT2D eigenvalue weighted by molar-refractivity contribution is -0.0247. The van der Waals surface area contributed by atoms with Gasteiger partial charge in [0.15, 0.2) is 0 Å². The van der Waals surface area contributed by atoms with Crippen LogP contribution in [-0.4, -0.2) is 139 Å². The van der Waals surface area contributed by atoms with Crippen molar-refractivity contribution < 1.29 is 42.6 Å². The second-order valence-corrected chi connectivity index (χ2v) is 7.30. The summed E-state index contributed by atoms with van der Waals surface area (Å²) >= 11 is 0. The van der Waals surface area contributed by atoms with E-state index in [1.807, 2.05) is 14.0 Å². The lowest BCUT2D eigenvalue weighted by Crippen LogP contribution is -2.21. The highest BCUT2D eigenvalue weighted by atomic mass is 16.6. The Morgan fingerprint density at radius 1 is 0.528 bits per heavy atom. The second kappa shape index (κ2) is 32.0. The van der Waals surface area contributed by atoms with Crippen molar-refractivity contribution in [3.05, 3.63) is 11.9 Å². The Kier molecular flexibility index (Phi) is 31.0. The standard InChI is InChI=1S/C24H51N3O9/c1-3-28-6-7-30-10-11-32-14-15-34-18-19-36-21-20-35-17-16-33-13-12-31-9-8-29-5-4-27-23-24(25)22-26-2/h23,26-27H,3-22,25H2,1-2H3/b24-23-. The van der Waals surface area contributed by atoms with Gasteiger partial charge in [-0.15, -0.1) is 0 Å². The van der Waals surface area contributed by atoms with E-state index in [2.05, 4.69) is 10.6 Å². The molecule has 216 valence electrons. The van der Waals surface area contributed by atoms with Gasteiger partial charge < -0.3 is 59.0 Å². The fourth-order valence-electron chi connectivity index (χ4n) is 2.49. The van der Waals surface area contributed by atoms with Crippen LogP contribution < -0.4 is 16.4 Å². The molecule has 12 nitrogen and oxygen atoms in total. The Hall–Kier alpha value is -1.06. The van der Waals surface area contributed by atoms with Gasteiger partial charge in [0.2, 0.25) is 0 Å². The maximum absolute atomic E-state index is 5.73. The molecule has 0 aliphatic heterocycles. The van der Waals surface area contributed by atoms with Crippen LogP contribution in [-0.2, 0) is 42.6 Å². The fraction of sp³-hybridized carbons (Fsp3) is 0.917. The molecule has 0 bridgehead atoms. The van der Waals surface area contributed by atoms with Gasteiger partial charge in [0.05, 0.1) is 112 Å². The van der Waals surface area contributed by atoms with Crippen LogP contribution in [0.1, 0.15) is 6.92 Å². The molecule has 0 aromatic rings. The third-order valence-electron chi connectivity index (χ3n) is 4.24. The molecule has 0 rings (SSSR count). The van der Waals surface area contributed by atoms with Crippen molar-refractivity contribution in [3.63, 3.8) is 0 Å². The minimum atomic E-state index is 0.524. The number of likely N-dealkylation sites (N-methyl/N-ethyl adjacent to an activating group) is 1. The second-order valence-electron chi connectivity index (χ2n) is 7.30. The molecule has 0 saturated carbocycles. The maximum Gasteiger partial charge on any atom is 0.0701 e. The first-order chi connectivity index (χ1) is 17.8. The summed E-state index contributed by atoms with van der Waals surface area (Å²) in [6.45, 7) is 13.3. The molecule has 0 aromatic carbocycles. The Bertz CT molecular complexity index is 449. The van der Waals surface area contributed by atoms with Gasteiger partial charge in [0.25, 0.3) is 0 Å². The summed E-state index contributed by atoms with van der Waals surface area (Å²) in [4.78, 5) is 0. The molecule has 0 aliphatic rings. The molecule has 12 heteroatoms. The molecule has 0 spiro atoms. The van der Waals surface area contributed by atoms with Crippen LogP contribution in [0.2, 0.25) is 0 Å². The summed E-state index contributed by atoms with van der Waals surface area (Å²) in [5, 5.41) is 6.07. The zero-order valence-electron chi connectivity index (χ0n) is 22.5. The number of ether oxygens (including phenoxy) is 9. The third kappa shape index (κ3) is 31.0. The van der Waals surface area contributed by atoms with E-state index in [1.54, 1.807) is 6.20 Å². The van der Waals surface area contributed by atoms with Crippen molar-refractivity contribution >= 4 is 0 Å². The van der Waals surface area contributed by atoms with E-state index in [9.17, 15) is 0 Å². The molecule has 0 amide bonds. The monoisotopic (exact) mass is 525 g/mol. The molecule has 0 aromatic heterocycles. The summed E-state index contributed by atoms with van der Waals surface area (Å²) in [6, 6.07) is 0. The lowest BCUT2D eigenvalue weighted by Gasteiger charge is -2.09. The van der Waals surface area contributed by atoms with Gasteiger partial charge in [-0.05, 0) is 14.0 Å². The summed E-state index contributed by atoms with van der Waals surface area (Å²) in [5.41, 5.74) is 6.49. The van der Waals surface area contributed by atoms with Crippen molar-refractivity contribution in [2.45, 2.75) is 6.92 Å². The summed E-state index contributed by atoms with van der Waals surface area (Å²) in [6.07, 6.45) is 1.78. The number of hydrogen-bond donors (Lipinski definition) is 3. The molecule has 0 saturated heterocycles. The van der Waals surface area contributed by atoms with Gasteiger partial charge in [-0.2, -0.15) is 0 Å². The van der Waals surface area contributed by atoms with Crippen LogP contribution in [0.4, 0.5) is 0 Å². The highest BCUT2D eigenvalue weighted by molar-refractivity contribution is 4.96. The van der Waals surface area contributed by atoms with Crippen molar-refractivity contribution in [1.29, 1.82) is 0 Å². The Balaban J connectivity index is 3.06. The molecular weight excluding hydrogens is 474 g/mol. The van der Waals surface area contributed by atoms with Crippen molar-refractivity contribution in [2.24, 2.45) is 5.73 Å². The quantitative estimate of drug-likeness (QED) is 0.103. The highest BCUT2D eigenvalue weighted by Crippen LogP contribution is 1.86. The smallest absolute Gasteiger partial charge is 0.0701 e. The van der Waals surface area contributed by atoms with Crippen molar-refractivity contribution in [3.8, 4) is 0 Å². The zero-order chi connectivity index (χ0) is 26.2. The zero-order valence-corrected chi connectivity index (χ0v) is 22.5. The van der Waals surface area contributed by atoms with Crippen LogP contribution in [0.5, 0.6) is 0 Å². The maximum atomic E-state index is 5.73. The minimum Gasteiger partial charge on any atom is -0.400 e. The van der Waals surface area contributed by atoms with Crippen molar-refractivity contribution in [2.75, 3.05) is 139 Å². The van der Waals surface area contributed by atoms with Gasteiger partial charge in [0.1, 0.15) is 0 Å². The fourth-order valence-corrected chi connectivity index (χ4v) is 2.49. The Morgan fingerprint density at radius 3 is 1.14 bits per heavy atom. The van der Waals surface area contributed by atoms with E-state index in [0.717, 1.165) is 5.70 Å². The predicted molar refractivity (Wildman–Crippen MR) is 137 cm³/mol. The Morgan fingerprint density at radius 2 is 0.833 bits per heavy atom. The molecule has 36 heavy (non-hydrogen) atoms. The average molecular weight is 526 g/mol. The molecule has 0 fully saturated rings. The van der Waals surface area contributed by atoms with Gasteiger partial charge in [-0.1, -0.05) is 0 Å². The van der Waals surface area contributed by atoms with Crippen molar-refractivity contribution in [1.82, 2.24) is 10.6 Å². The summed E-state index contributed by atoms with van der Waals surface area (Å²) in [7, 11) is 1.85. The first-order valence-corrected chi connectivity index (χ1v) is 12.8. The van der Waals surface area contributed by atoms with E-state index < -0.39 is 0 Å². The molecule has 0 unspecified atom stereocenters. The molecule has 0 atom stereocenters. The van der Waals surface area contributed by atoms with Crippen LogP contribution >= 0.6 is 0 Å².